The largest absolute Gasteiger partial charge is 0.377 e. The van der Waals surface area contributed by atoms with E-state index in [-0.39, 0.29) is 36.6 Å². The van der Waals surface area contributed by atoms with Gasteiger partial charge in [0.15, 0.2) is 0 Å². The molecule has 3 fully saturated rings. The second-order valence-electron chi connectivity index (χ2n) is 9.48. The molecule has 6 nitrogen and oxygen atoms in total. The molecule has 4 rings (SSSR count). The molecule has 0 amide bonds. The Labute approximate surface area is 183 Å². The van der Waals surface area contributed by atoms with Crippen molar-refractivity contribution in [1.29, 1.82) is 0 Å². The van der Waals surface area contributed by atoms with Crippen LogP contribution in [-0.4, -0.2) is 85.3 Å². The lowest BCUT2D eigenvalue weighted by atomic mass is 9.49. The van der Waals surface area contributed by atoms with E-state index in [1.165, 1.54) is 5.57 Å². The summed E-state index contributed by atoms with van der Waals surface area (Å²) in [7, 11) is 17.1. The quantitative estimate of drug-likeness (QED) is 0.305. The summed E-state index contributed by atoms with van der Waals surface area (Å²) in [5.41, 5.74) is 1.22. The molecule has 8 unspecified atom stereocenters. The maximum absolute atomic E-state index is 16.0. The number of ether oxygens (including phenoxy) is 1. The third-order valence-corrected chi connectivity index (χ3v) is 6.87. The molecule has 0 aromatic heterocycles. The zero-order chi connectivity index (χ0) is 21.3. The van der Waals surface area contributed by atoms with E-state index < -0.39 is 11.4 Å². The summed E-state index contributed by atoms with van der Waals surface area (Å²) < 4.78 is 22.0. The van der Waals surface area contributed by atoms with Crippen molar-refractivity contribution < 1.29 is 9.13 Å². The predicted molar refractivity (Wildman–Crippen MR) is 119 cm³/mol. The van der Waals surface area contributed by atoms with E-state index in [1.807, 2.05) is 0 Å². The van der Waals surface area contributed by atoms with Crippen LogP contribution >= 0.6 is 0 Å². The summed E-state index contributed by atoms with van der Waals surface area (Å²) in [5.74, 6) is 0.208. The highest BCUT2D eigenvalue weighted by Gasteiger charge is 2.49. The fourth-order valence-corrected chi connectivity index (χ4v) is 5.63. The first-order valence-electron chi connectivity index (χ1n) is 11.4. The van der Waals surface area contributed by atoms with Crippen LogP contribution in [0.2, 0.25) is 0 Å². The zero-order valence-corrected chi connectivity index (χ0v) is 17.9. The molecule has 4 aliphatic rings. The van der Waals surface area contributed by atoms with Gasteiger partial charge in [-0.2, -0.15) is 0 Å². The van der Waals surface area contributed by atoms with Crippen molar-refractivity contribution in [3.05, 3.63) is 11.6 Å². The minimum Gasteiger partial charge on any atom is -0.377 e. The lowest BCUT2D eigenvalue weighted by molar-refractivity contribution is -0.0263. The molecule has 0 aromatic rings. The number of fused-ring (bicyclic) bond motifs is 1. The summed E-state index contributed by atoms with van der Waals surface area (Å²) >= 11 is 0. The molecular formula is C20H33B3FN5O. The van der Waals surface area contributed by atoms with Crippen molar-refractivity contribution in [2.75, 3.05) is 19.7 Å². The molecule has 3 heterocycles. The standard InChI is InChI=1S/C20H33B3FN5O/c1-11-9-15(29-20(21,22)23)28-19(26-11)27-14-10-13-5-8-30-18(13)16(17(14)24)12-3-2-6-25-7-4-12/h4,11,13-19,25-29H,2-3,5-10H2,1H3. The van der Waals surface area contributed by atoms with Gasteiger partial charge in [0.25, 0.3) is 0 Å². The third-order valence-electron chi connectivity index (χ3n) is 6.87. The molecule has 160 valence electrons. The van der Waals surface area contributed by atoms with Gasteiger partial charge in [0.05, 0.1) is 35.8 Å². The first-order valence-corrected chi connectivity index (χ1v) is 11.4. The minimum absolute atomic E-state index is 0.00431. The summed E-state index contributed by atoms with van der Waals surface area (Å²) in [6.45, 7) is 4.60. The van der Waals surface area contributed by atoms with Gasteiger partial charge in [-0.05, 0) is 51.5 Å². The Morgan fingerprint density at radius 2 is 2.07 bits per heavy atom. The Kier molecular flexibility index (Phi) is 7.32. The molecule has 30 heavy (non-hydrogen) atoms. The van der Waals surface area contributed by atoms with Crippen LogP contribution in [0.4, 0.5) is 4.39 Å². The number of rotatable bonds is 5. The molecule has 0 bridgehead atoms. The van der Waals surface area contributed by atoms with E-state index in [4.69, 9.17) is 28.3 Å². The molecule has 0 aromatic carbocycles. The van der Waals surface area contributed by atoms with Crippen molar-refractivity contribution in [2.45, 2.75) is 81.1 Å². The Hall–Kier alpha value is -0.375. The first kappa shape index (κ1) is 22.8. The van der Waals surface area contributed by atoms with Gasteiger partial charge in [-0.15, -0.1) is 0 Å². The molecule has 1 saturated carbocycles. The third kappa shape index (κ3) is 5.51. The van der Waals surface area contributed by atoms with Gasteiger partial charge in [0.1, 0.15) is 12.5 Å². The van der Waals surface area contributed by atoms with Crippen LogP contribution in [0, 0.1) is 11.8 Å². The highest BCUT2D eigenvalue weighted by Crippen LogP contribution is 2.44. The number of hydrogen-bond donors (Lipinski definition) is 5. The molecule has 5 N–H and O–H groups in total. The number of halogens is 1. The maximum atomic E-state index is 16.0. The van der Waals surface area contributed by atoms with Crippen molar-refractivity contribution in [3.8, 4) is 0 Å². The molecule has 1 aliphatic carbocycles. The molecule has 3 aliphatic heterocycles. The van der Waals surface area contributed by atoms with Gasteiger partial charge in [0, 0.05) is 31.2 Å². The molecular weight excluding hydrogens is 378 g/mol. The Bertz CT molecular complexity index is 622. The van der Waals surface area contributed by atoms with E-state index in [0.29, 0.717) is 5.92 Å². The van der Waals surface area contributed by atoms with Crippen LogP contribution < -0.4 is 26.6 Å². The fourth-order valence-electron chi connectivity index (χ4n) is 5.63. The topological polar surface area (TPSA) is 69.4 Å². The normalized spacial score (nSPS) is 42.9. The van der Waals surface area contributed by atoms with Crippen LogP contribution in [-0.2, 0) is 4.74 Å². The second-order valence-corrected chi connectivity index (χ2v) is 9.48. The van der Waals surface area contributed by atoms with E-state index in [1.54, 1.807) is 0 Å². The van der Waals surface area contributed by atoms with Crippen LogP contribution in [0.3, 0.4) is 0 Å². The summed E-state index contributed by atoms with van der Waals surface area (Å²) in [6, 6.07) is -0.0661. The van der Waals surface area contributed by atoms with E-state index >= 15 is 4.39 Å². The second kappa shape index (κ2) is 9.63. The average molecular weight is 411 g/mol. The van der Waals surface area contributed by atoms with E-state index in [0.717, 1.165) is 51.8 Å². The summed E-state index contributed by atoms with van der Waals surface area (Å²) in [4.78, 5) is 0. The minimum atomic E-state index is -1.47. The molecule has 0 spiro atoms. The number of alkyl halides is 1. The Morgan fingerprint density at radius 1 is 1.23 bits per heavy atom. The van der Waals surface area contributed by atoms with Crippen molar-refractivity contribution in [2.24, 2.45) is 11.8 Å². The fraction of sp³-hybridized carbons (Fsp3) is 0.900. The molecule has 8 atom stereocenters. The SMILES string of the molecule is [B]C([B])([B])NC1CC(C)NC(NC2CC3CCOC3C(C3=CCNCCC3)C2F)N1. The predicted octanol–water partition coefficient (Wildman–Crippen LogP) is -0.695. The van der Waals surface area contributed by atoms with E-state index in [9.17, 15) is 0 Å². The molecule has 2 saturated heterocycles. The van der Waals surface area contributed by atoms with Gasteiger partial charge in [-0.25, -0.2) is 4.39 Å². The Balaban J connectivity index is 1.46. The monoisotopic (exact) mass is 411 g/mol. The van der Waals surface area contributed by atoms with Crippen LogP contribution in [0.1, 0.15) is 39.0 Å². The van der Waals surface area contributed by atoms with Gasteiger partial charge in [-0.3, -0.25) is 16.0 Å². The maximum Gasteiger partial charge on any atom is 0.124 e. The zero-order valence-electron chi connectivity index (χ0n) is 17.9. The smallest absolute Gasteiger partial charge is 0.124 e. The highest BCUT2D eigenvalue weighted by atomic mass is 19.1. The van der Waals surface area contributed by atoms with Crippen molar-refractivity contribution in [1.82, 2.24) is 26.6 Å². The van der Waals surface area contributed by atoms with Gasteiger partial charge in [0.2, 0.25) is 0 Å². The van der Waals surface area contributed by atoms with Gasteiger partial charge in [-0.1, -0.05) is 16.9 Å². The summed E-state index contributed by atoms with van der Waals surface area (Å²) in [6.07, 6.45) is 5.26. The van der Waals surface area contributed by atoms with Gasteiger partial charge >= 0.3 is 0 Å². The number of nitrogens with one attached hydrogen (secondary N) is 5. The molecule has 6 radical (unpaired) electrons. The van der Waals surface area contributed by atoms with Crippen molar-refractivity contribution >= 4 is 23.5 Å². The lowest BCUT2D eigenvalue weighted by Crippen LogP contribution is -2.72. The lowest BCUT2D eigenvalue weighted by Gasteiger charge is -2.46. The van der Waals surface area contributed by atoms with Crippen molar-refractivity contribution in [3.63, 3.8) is 0 Å². The summed E-state index contributed by atoms with van der Waals surface area (Å²) in [5, 5.41) is 15.2. The average Bonchev–Trinajstić information content (AvgIpc) is 2.93. The van der Waals surface area contributed by atoms with Crippen LogP contribution in [0.15, 0.2) is 11.6 Å². The van der Waals surface area contributed by atoms with Gasteiger partial charge < -0.3 is 15.4 Å². The molecule has 10 heteroatoms. The Morgan fingerprint density at radius 3 is 2.87 bits per heavy atom. The van der Waals surface area contributed by atoms with E-state index in [2.05, 4.69) is 39.6 Å². The first-order chi connectivity index (χ1) is 14.3. The number of hydrogen-bond acceptors (Lipinski definition) is 6. The highest BCUT2D eigenvalue weighted by molar-refractivity contribution is 6.59. The van der Waals surface area contributed by atoms with Crippen LogP contribution in [0.5, 0.6) is 0 Å². The van der Waals surface area contributed by atoms with Crippen LogP contribution in [0.25, 0.3) is 0 Å².